The smallest absolute Gasteiger partial charge is 0.253 e. The third-order valence-electron chi connectivity index (χ3n) is 3.72. The van der Waals surface area contributed by atoms with Crippen LogP contribution in [0.25, 0.3) is 0 Å². The summed E-state index contributed by atoms with van der Waals surface area (Å²) in [5.41, 5.74) is 2.10. The van der Waals surface area contributed by atoms with Gasteiger partial charge in [-0.2, -0.15) is 0 Å². The summed E-state index contributed by atoms with van der Waals surface area (Å²) in [5.74, 6) is 1.15. The maximum atomic E-state index is 12.7. The van der Waals surface area contributed by atoms with E-state index in [9.17, 15) is 4.79 Å². The molecule has 0 spiro atoms. The van der Waals surface area contributed by atoms with Gasteiger partial charge in [0.05, 0.1) is 30.3 Å². The fraction of sp³-hybridized carbons (Fsp3) is 0.375. The number of carbonyl (C=O) groups excluding carboxylic acids is 1. The molecule has 1 aromatic carbocycles. The van der Waals surface area contributed by atoms with Crippen molar-refractivity contribution in [2.75, 3.05) is 28.3 Å². The molecule has 0 saturated heterocycles. The molecule has 1 aliphatic heterocycles. The van der Waals surface area contributed by atoms with Crippen LogP contribution in [0.3, 0.4) is 0 Å². The molecule has 0 fully saturated rings. The van der Waals surface area contributed by atoms with Gasteiger partial charge in [-0.05, 0) is 41.1 Å². The van der Waals surface area contributed by atoms with Gasteiger partial charge in [-0.1, -0.05) is 0 Å². The van der Waals surface area contributed by atoms with Gasteiger partial charge in [0.1, 0.15) is 11.5 Å². The predicted octanol–water partition coefficient (Wildman–Crippen LogP) is 2.35. The Balaban J connectivity index is 2.63. The zero-order chi connectivity index (χ0) is 18.0. The van der Waals surface area contributed by atoms with Crippen LogP contribution in [-0.4, -0.2) is 44.2 Å². The van der Waals surface area contributed by atoms with Crippen molar-refractivity contribution >= 4 is 39.2 Å². The molecule has 0 radical (unpaired) electrons. The van der Waals surface area contributed by atoms with E-state index in [1.165, 1.54) is 4.90 Å². The Morgan fingerprint density at radius 3 is 2.42 bits per heavy atom. The Labute approximate surface area is 155 Å². The number of ether oxygens (including phenoxy) is 2. The van der Waals surface area contributed by atoms with Gasteiger partial charge in [0.25, 0.3) is 5.91 Å². The molecule has 0 bridgehead atoms. The summed E-state index contributed by atoms with van der Waals surface area (Å²) in [4.78, 5) is 14.2. The zero-order valence-electron chi connectivity index (χ0n) is 14.2. The standard InChI is InChI=1S/C16H20BrN3O3S/c1-8-13(15(21)20(2)3)14(19-16(24)18-8)9-6-10(17)12(23-5)7-11(9)22-4/h6-7,14H,1-5H3,(H2,18,19,24)/t14-/m0/s1. The number of carbonyl (C=O) groups is 1. The van der Waals surface area contributed by atoms with Gasteiger partial charge in [-0.25, -0.2) is 0 Å². The minimum absolute atomic E-state index is 0.103. The lowest BCUT2D eigenvalue weighted by molar-refractivity contribution is -0.125. The Morgan fingerprint density at radius 1 is 1.25 bits per heavy atom. The number of likely N-dealkylation sites (N-methyl/N-ethyl adjacent to an activating group) is 1. The summed E-state index contributed by atoms with van der Waals surface area (Å²) in [7, 11) is 6.60. The molecule has 1 aromatic rings. The highest BCUT2D eigenvalue weighted by Crippen LogP contribution is 2.39. The van der Waals surface area contributed by atoms with Gasteiger partial charge in [-0.15, -0.1) is 0 Å². The van der Waals surface area contributed by atoms with Crippen LogP contribution in [0.2, 0.25) is 0 Å². The largest absolute Gasteiger partial charge is 0.496 e. The van der Waals surface area contributed by atoms with Crippen molar-refractivity contribution in [2.45, 2.75) is 13.0 Å². The van der Waals surface area contributed by atoms with Crippen molar-refractivity contribution in [3.05, 3.63) is 33.4 Å². The Kier molecular flexibility index (Phi) is 5.71. The van der Waals surface area contributed by atoms with Gasteiger partial charge in [0.2, 0.25) is 0 Å². The molecule has 0 aromatic heterocycles. The van der Waals surface area contributed by atoms with Crippen LogP contribution in [-0.2, 0) is 4.79 Å². The van der Waals surface area contributed by atoms with E-state index >= 15 is 0 Å². The number of amides is 1. The van der Waals surface area contributed by atoms with E-state index in [4.69, 9.17) is 21.7 Å². The van der Waals surface area contributed by atoms with Crippen LogP contribution in [0.15, 0.2) is 27.9 Å². The van der Waals surface area contributed by atoms with Crippen LogP contribution in [0.5, 0.6) is 11.5 Å². The molecule has 0 unspecified atom stereocenters. The highest BCUT2D eigenvalue weighted by molar-refractivity contribution is 9.10. The van der Waals surface area contributed by atoms with Crippen molar-refractivity contribution in [3.8, 4) is 11.5 Å². The Hall–Kier alpha value is -1.80. The second-order valence-electron chi connectivity index (χ2n) is 5.50. The number of nitrogens with zero attached hydrogens (tertiary/aromatic N) is 1. The number of rotatable bonds is 4. The SMILES string of the molecule is COc1cc(OC)c([C@@H]2NC(=S)NC(C)=C2C(=O)N(C)C)cc1Br. The van der Waals surface area contributed by atoms with Crippen molar-refractivity contribution < 1.29 is 14.3 Å². The quantitative estimate of drug-likeness (QED) is 0.738. The first-order valence-corrected chi connectivity index (χ1v) is 8.41. The van der Waals surface area contributed by atoms with Crippen LogP contribution < -0.4 is 20.1 Å². The lowest BCUT2D eigenvalue weighted by Gasteiger charge is -2.32. The van der Waals surface area contributed by atoms with Gasteiger partial charge in [-0.3, -0.25) is 4.79 Å². The monoisotopic (exact) mass is 413 g/mol. The fourth-order valence-electron chi connectivity index (χ4n) is 2.56. The number of hydrogen-bond acceptors (Lipinski definition) is 4. The van der Waals surface area contributed by atoms with E-state index in [-0.39, 0.29) is 5.91 Å². The molecule has 2 N–H and O–H groups in total. The summed E-state index contributed by atoms with van der Waals surface area (Å²) < 4.78 is 11.6. The number of thiocarbonyl (C=S) groups is 1. The van der Waals surface area contributed by atoms with E-state index < -0.39 is 6.04 Å². The minimum atomic E-state index is -0.425. The topological polar surface area (TPSA) is 62.8 Å². The first-order chi connectivity index (χ1) is 11.3. The predicted molar refractivity (Wildman–Crippen MR) is 100 cm³/mol. The number of halogens is 1. The average Bonchev–Trinajstić information content (AvgIpc) is 2.53. The third kappa shape index (κ3) is 3.49. The normalized spacial score (nSPS) is 17.1. The Bertz CT molecular complexity index is 719. The molecule has 6 nitrogen and oxygen atoms in total. The van der Waals surface area contributed by atoms with E-state index in [0.717, 1.165) is 15.7 Å². The highest BCUT2D eigenvalue weighted by Gasteiger charge is 2.33. The molecule has 24 heavy (non-hydrogen) atoms. The lowest BCUT2D eigenvalue weighted by atomic mass is 9.94. The minimum Gasteiger partial charge on any atom is -0.496 e. The first kappa shape index (κ1) is 18.5. The molecule has 1 heterocycles. The number of hydrogen-bond donors (Lipinski definition) is 2. The summed E-state index contributed by atoms with van der Waals surface area (Å²) in [6, 6.07) is 3.23. The van der Waals surface area contributed by atoms with Crippen molar-refractivity contribution in [1.29, 1.82) is 0 Å². The molecular weight excluding hydrogens is 394 g/mol. The maximum absolute atomic E-state index is 12.7. The van der Waals surface area contributed by atoms with Gasteiger partial charge < -0.3 is 25.0 Å². The van der Waals surface area contributed by atoms with E-state index in [2.05, 4.69) is 26.6 Å². The highest BCUT2D eigenvalue weighted by atomic mass is 79.9. The molecule has 0 saturated carbocycles. The second kappa shape index (κ2) is 7.40. The summed E-state index contributed by atoms with van der Waals surface area (Å²) >= 11 is 8.75. The summed E-state index contributed by atoms with van der Waals surface area (Å²) in [6.45, 7) is 1.84. The van der Waals surface area contributed by atoms with E-state index in [1.807, 2.05) is 13.0 Å². The Morgan fingerprint density at radius 2 is 1.88 bits per heavy atom. The molecule has 0 aliphatic carbocycles. The number of methoxy groups -OCH3 is 2. The van der Waals surface area contributed by atoms with Crippen molar-refractivity contribution in [1.82, 2.24) is 15.5 Å². The third-order valence-corrected chi connectivity index (χ3v) is 4.56. The van der Waals surface area contributed by atoms with Crippen LogP contribution in [0.1, 0.15) is 18.5 Å². The molecular formula is C16H20BrN3O3S. The molecule has 130 valence electrons. The molecule has 1 aliphatic rings. The van der Waals surface area contributed by atoms with Crippen LogP contribution in [0.4, 0.5) is 0 Å². The first-order valence-electron chi connectivity index (χ1n) is 7.21. The number of allylic oxidation sites excluding steroid dienone is 1. The summed E-state index contributed by atoms with van der Waals surface area (Å²) in [6.07, 6.45) is 0. The van der Waals surface area contributed by atoms with Crippen LogP contribution >= 0.6 is 28.1 Å². The van der Waals surface area contributed by atoms with Gasteiger partial charge >= 0.3 is 0 Å². The average molecular weight is 414 g/mol. The molecule has 8 heteroatoms. The van der Waals surface area contributed by atoms with Gasteiger partial charge in [0.15, 0.2) is 5.11 Å². The van der Waals surface area contributed by atoms with Crippen molar-refractivity contribution in [2.24, 2.45) is 0 Å². The maximum Gasteiger partial charge on any atom is 0.253 e. The van der Waals surface area contributed by atoms with Gasteiger partial charge in [0, 0.05) is 31.4 Å². The number of benzene rings is 1. The molecule has 1 atom stereocenters. The molecule has 1 amide bonds. The van der Waals surface area contributed by atoms with Crippen molar-refractivity contribution in [3.63, 3.8) is 0 Å². The van der Waals surface area contributed by atoms with E-state index in [0.29, 0.717) is 22.2 Å². The fourth-order valence-corrected chi connectivity index (χ4v) is 3.35. The second-order valence-corrected chi connectivity index (χ2v) is 6.76. The summed E-state index contributed by atoms with van der Waals surface area (Å²) in [5, 5.41) is 6.64. The number of nitrogens with one attached hydrogen (secondary N) is 2. The van der Waals surface area contributed by atoms with Crippen LogP contribution in [0, 0.1) is 0 Å². The molecule has 2 rings (SSSR count). The van der Waals surface area contributed by atoms with E-state index in [1.54, 1.807) is 34.4 Å². The zero-order valence-corrected chi connectivity index (χ0v) is 16.6. The lowest BCUT2D eigenvalue weighted by Crippen LogP contribution is -2.46.